The minimum Gasteiger partial charge on any atom is -0.394 e. The van der Waals surface area contributed by atoms with E-state index in [0.717, 1.165) is 25.1 Å². The summed E-state index contributed by atoms with van der Waals surface area (Å²) in [6, 6.07) is 10.4. The van der Waals surface area contributed by atoms with E-state index in [2.05, 4.69) is 43.4 Å². The molecule has 2 N–H and O–H groups in total. The summed E-state index contributed by atoms with van der Waals surface area (Å²) in [5.74, 6) is 2.31. The normalized spacial score (nSPS) is 14.2. The highest BCUT2D eigenvalue weighted by atomic mass is 32.2. The van der Waals surface area contributed by atoms with Gasteiger partial charge in [-0.1, -0.05) is 50.6 Å². The van der Waals surface area contributed by atoms with Crippen molar-refractivity contribution in [3.05, 3.63) is 35.9 Å². The van der Waals surface area contributed by atoms with E-state index >= 15 is 0 Å². The Kier molecular flexibility index (Phi) is 8.99. The highest BCUT2D eigenvalue weighted by Gasteiger charge is 2.30. The van der Waals surface area contributed by atoms with Gasteiger partial charge in [0.25, 0.3) is 0 Å². The first kappa shape index (κ1) is 17.5. The second-order valence-corrected chi connectivity index (χ2v) is 6.47. The predicted octanol–water partition coefficient (Wildman–Crippen LogP) is 3.80. The number of thioether (sulfide) groups is 1. The molecule has 20 heavy (non-hydrogen) atoms. The number of aliphatic hydroxyl groups is 1. The predicted molar refractivity (Wildman–Crippen MR) is 90.3 cm³/mol. The lowest BCUT2D eigenvalue weighted by Crippen LogP contribution is -2.46. The van der Waals surface area contributed by atoms with Crippen molar-refractivity contribution in [2.24, 2.45) is 0 Å². The van der Waals surface area contributed by atoms with Crippen LogP contribution in [0.5, 0.6) is 0 Å². The molecule has 0 aliphatic rings. The first-order valence-electron chi connectivity index (χ1n) is 7.78. The van der Waals surface area contributed by atoms with E-state index in [9.17, 15) is 5.11 Å². The van der Waals surface area contributed by atoms with Crippen molar-refractivity contribution in [1.29, 1.82) is 0 Å². The van der Waals surface area contributed by atoms with Gasteiger partial charge in [-0.15, -0.1) is 0 Å². The van der Waals surface area contributed by atoms with Crippen molar-refractivity contribution in [1.82, 2.24) is 5.32 Å². The molecular weight excluding hydrogens is 266 g/mol. The van der Waals surface area contributed by atoms with Gasteiger partial charge in [-0.05, 0) is 42.9 Å². The van der Waals surface area contributed by atoms with Gasteiger partial charge in [-0.2, -0.15) is 11.8 Å². The second-order valence-electron chi connectivity index (χ2n) is 5.25. The van der Waals surface area contributed by atoms with Crippen LogP contribution >= 0.6 is 11.8 Å². The molecule has 0 radical (unpaired) electrons. The van der Waals surface area contributed by atoms with Gasteiger partial charge in [-0.25, -0.2) is 0 Å². The number of aliphatic hydroxyl groups excluding tert-OH is 1. The van der Waals surface area contributed by atoms with Gasteiger partial charge in [0, 0.05) is 0 Å². The Morgan fingerprint density at radius 3 is 2.45 bits per heavy atom. The topological polar surface area (TPSA) is 32.3 Å². The molecule has 114 valence electrons. The molecule has 0 fully saturated rings. The average Bonchev–Trinajstić information content (AvgIpc) is 2.51. The van der Waals surface area contributed by atoms with E-state index in [-0.39, 0.29) is 12.1 Å². The van der Waals surface area contributed by atoms with Crippen LogP contribution in [0.2, 0.25) is 0 Å². The number of nitrogens with one attached hydrogen (secondary N) is 1. The van der Waals surface area contributed by atoms with Gasteiger partial charge < -0.3 is 10.4 Å². The van der Waals surface area contributed by atoms with E-state index in [1.54, 1.807) is 0 Å². The Balaban J connectivity index is 2.67. The van der Waals surface area contributed by atoms with E-state index in [4.69, 9.17) is 0 Å². The average molecular weight is 295 g/mol. The lowest BCUT2D eigenvalue weighted by molar-refractivity contribution is 0.157. The first-order valence-corrected chi connectivity index (χ1v) is 8.93. The summed E-state index contributed by atoms with van der Waals surface area (Å²) in [5.41, 5.74) is 0.920. The zero-order valence-corrected chi connectivity index (χ0v) is 13.7. The number of hydrogen-bond donors (Lipinski definition) is 2. The van der Waals surface area contributed by atoms with Crippen LogP contribution in [0.25, 0.3) is 0 Å². The molecule has 2 nitrogen and oxygen atoms in total. The number of rotatable bonds is 11. The third kappa shape index (κ3) is 5.47. The lowest BCUT2D eigenvalue weighted by Gasteiger charge is -2.34. The molecule has 1 atom stereocenters. The van der Waals surface area contributed by atoms with Crippen molar-refractivity contribution in [3.8, 4) is 0 Å². The van der Waals surface area contributed by atoms with Gasteiger partial charge >= 0.3 is 0 Å². The largest absolute Gasteiger partial charge is 0.394 e. The summed E-state index contributed by atoms with van der Waals surface area (Å²) in [7, 11) is 0. The molecule has 0 amide bonds. The molecule has 1 aromatic rings. The summed E-state index contributed by atoms with van der Waals surface area (Å²) in [5, 5.41) is 13.6. The third-order valence-corrected chi connectivity index (χ3v) is 4.70. The van der Waals surface area contributed by atoms with E-state index in [0.29, 0.717) is 0 Å². The summed E-state index contributed by atoms with van der Waals surface area (Å²) in [6.45, 7) is 5.49. The zero-order chi connectivity index (χ0) is 14.7. The van der Waals surface area contributed by atoms with Crippen LogP contribution in [0, 0.1) is 0 Å². The van der Waals surface area contributed by atoms with E-state index in [1.807, 2.05) is 17.8 Å². The van der Waals surface area contributed by atoms with Crippen LogP contribution in [-0.2, 0) is 5.54 Å². The Bertz CT molecular complexity index is 344. The van der Waals surface area contributed by atoms with Crippen molar-refractivity contribution >= 4 is 11.8 Å². The second kappa shape index (κ2) is 10.3. The van der Waals surface area contributed by atoms with Crippen molar-refractivity contribution < 1.29 is 5.11 Å². The highest BCUT2D eigenvalue weighted by Crippen LogP contribution is 2.27. The monoisotopic (exact) mass is 295 g/mol. The molecule has 0 aromatic heterocycles. The lowest BCUT2D eigenvalue weighted by atomic mass is 9.88. The van der Waals surface area contributed by atoms with Crippen molar-refractivity contribution in [2.45, 2.75) is 45.1 Å². The minimum atomic E-state index is -0.281. The molecule has 0 aliphatic carbocycles. The van der Waals surface area contributed by atoms with Crippen LogP contribution in [0.4, 0.5) is 0 Å². The van der Waals surface area contributed by atoms with Crippen molar-refractivity contribution in [2.75, 3.05) is 24.7 Å². The Hall–Kier alpha value is -0.510. The smallest absolute Gasteiger partial charge is 0.0677 e. The maximum Gasteiger partial charge on any atom is 0.0677 e. The zero-order valence-electron chi connectivity index (χ0n) is 12.9. The molecule has 0 saturated heterocycles. The van der Waals surface area contributed by atoms with Gasteiger partial charge in [0.1, 0.15) is 0 Å². The molecule has 0 aliphatic heterocycles. The summed E-state index contributed by atoms with van der Waals surface area (Å²) < 4.78 is 0. The highest BCUT2D eigenvalue weighted by molar-refractivity contribution is 7.99. The molecule has 0 spiro atoms. The van der Waals surface area contributed by atoms with Gasteiger partial charge in [-0.3, -0.25) is 0 Å². The molecule has 0 heterocycles. The molecule has 0 bridgehead atoms. The van der Waals surface area contributed by atoms with E-state index < -0.39 is 0 Å². The number of unbranched alkanes of at least 4 members (excludes halogenated alkanes) is 1. The van der Waals surface area contributed by atoms with Crippen LogP contribution in [0.3, 0.4) is 0 Å². The molecule has 1 aromatic carbocycles. The summed E-state index contributed by atoms with van der Waals surface area (Å²) in [6.07, 6.45) is 4.59. The minimum absolute atomic E-state index is 0.158. The molecule has 0 saturated carbocycles. The number of benzene rings is 1. The molecular formula is C17H29NOS. The quantitative estimate of drug-likeness (QED) is 0.609. The molecule has 3 heteroatoms. The first-order chi connectivity index (χ1) is 9.79. The van der Waals surface area contributed by atoms with Crippen molar-refractivity contribution in [3.63, 3.8) is 0 Å². The summed E-state index contributed by atoms with van der Waals surface area (Å²) >= 11 is 2.00. The maximum atomic E-state index is 9.99. The molecule has 1 rings (SSSR count). The van der Waals surface area contributed by atoms with Gasteiger partial charge in [0.15, 0.2) is 0 Å². The fraction of sp³-hybridized carbons (Fsp3) is 0.647. The maximum absolute atomic E-state index is 9.99. The van der Waals surface area contributed by atoms with E-state index in [1.165, 1.54) is 24.2 Å². The standard InChI is InChI=1S/C17H29NOS/c1-3-5-13-20-14-11-17(15-19,18-12-4-2)16-9-7-6-8-10-16/h6-10,18-19H,3-5,11-15H2,1-2H3. The van der Waals surface area contributed by atoms with Gasteiger partial charge in [0.2, 0.25) is 0 Å². The van der Waals surface area contributed by atoms with Crippen LogP contribution in [0.1, 0.15) is 45.1 Å². The van der Waals surface area contributed by atoms with Crippen LogP contribution in [0.15, 0.2) is 30.3 Å². The fourth-order valence-electron chi connectivity index (χ4n) is 2.28. The number of hydrogen-bond acceptors (Lipinski definition) is 3. The fourth-order valence-corrected chi connectivity index (χ4v) is 3.47. The third-order valence-electron chi connectivity index (χ3n) is 3.63. The Morgan fingerprint density at radius 2 is 1.85 bits per heavy atom. The Morgan fingerprint density at radius 1 is 1.10 bits per heavy atom. The molecule has 1 unspecified atom stereocenters. The van der Waals surface area contributed by atoms with Gasteiger partial charge in [0.05, 0.1) is 12.1 Å². The Labute approximate surface area is 128 Å². The summed E-state index contributed by atoms with van der Waals surface area (Å²) in [4.78, 5) is 0. The van der Waals surface area contributed by atoms with Crippen LogP contribution in [-0.4, -0.2) is 29.8 Å². The van der Waals surface area contributed by atoms with Crippen LogP contribution < -0.4 is 5.32 Å². The SMILES string of the molecule is CCCCSCCC(CO)(NCCC)c1ccccc1.